The zero-order valence-electron chi connectivity index (χ0n) is 12.0. The standard InChI is InChI=1S/C16H17BrClN3.ClH/c17-14-2-1-12(9-15(14)18)11-21-8-7-20-10-16(21)13-3-5-19-6-4-13;/h1-6,9,16,20H,7-8,10-11H2;1H. The van der Waals surface area contributed by atoms with Gasteiger partial charge in [0.25, 0.3) is 0 Å². The second-order valence-electron chi connectivity index (χ2n) is 5.22. The molecule has 1 saturated heterocycles. The van der Waals surface area contributed by atoms with E-state index in [0.29, 0.717) is 6.04 Å². The van der Waals surface area contributed by atoms with E-state index in [1.165, 1.54) is 11.1 Å². The molecule has 3 rings (SSSR count). The van der Waals surface area contributed by atoms with Crippen molar-refractivity contribution >= 4 is 39.9 Å². The molecule has 1 aromatic carbocycles. The van der Waals surface area contributed by atoms with Gasteiger partial charge in [-0.2, -0.15) is 0 Å². The van der Waals surface area contributed by atoms with Gasteiger partial charge in [0.05, 0.1) is 5.02 Å². The van der Waals surface area contributed by atoms with Gasteiger partial charge in [0, 0.05) is 49.1 Å². The highest BCUT2D eigenvalue weighted by Crippen LogP contribution is 2.27. The van der Waals surface area contributed by atoms with E-state index in [1.807, 2.05) is 24.5 Å². The molecule has 1 atom stereocenters. The Hall–Kier alpha value is -0.650. The maximum Gasteiger partial charge on any atom is 0.0551 e. The number of benzene rings is 1. The van der Waals surface area contributed by atoms with Crippen LogP contribution < -0.4 is 5.32 Å². The molecule has 1 fully saturated rings. The normalized spacial score (nSPS) is 18.7. The summed E-state index contributed by atoms with van der Waals surface area (Å²) >= 11 is 9.64. The lowest BCUT2D eigenvalue weighted by Crippen LogP contribution is -2.45. The summed E-state index contributed by atoms with van der Waals surface area (Å²) in [6, 6.07) is 10.8. The van der Waals surface area contributed by atoms with E-state index in [9.17, 15) is 0 Å². The van der Waals surface area contributed by atoms with Crippen LogP contribution >= 0.6 is 39.9 Å². The average molecular weight is 403 g/mol. The number of hydrogen-bond donors (Lipinski definition) is 1. The van der Waals surface area contributed by atoms with Gasteiger partial charge in [-0.05, 0) is 51.3 Å². The number of halogens is 3. The lowest BCUT2D eigenvalue weighted by atomic mass is 10.0. The predicted octanol–water partition coefficient (Wildman–Crippen LogP) is 4.07. The topological polar surface area (TPSA) is 28.2 Å². The SMILES string of the molecule is Cl.Clc1cc(CN2CCNCC2c2ccncc2)ccc1Br. The molecular weight excluding hydrogens is 385 g/mol. The zero-order valence-corrected chi connectivity index (χ0v) is 15.2. The van der Waals surface area contributed by atoms with E-state index >= 15 is 0 Å². The van der Waals surface area contributed by atoms with Crippen molar-refractivity contribution in [3.8, 4) is 0 Å². The third-order valence-corrected chi connectivity index (χ3v) is 5.05. The lowest BCUT2D eigenvalue weighted by molar-refractivity contribution is 0.153. The Bertz CT molecular complexity index is 610. The van der Waals surface area contributed by atoms with Gasteiger partial charge >= 0.3 is 0 Å². The Kier molecular flexibility index (Phi) is 6.66. The average Bonchev–Trinajstić information content (AvgIpc) is 2.52. The molecule has 1 N–H and O–H groups in total. The monoisotopic (exact) mass is 401 g/mol. The number of rotatable bonds is 3. The van der Waals surface area contributed by atoms with Crippen LogP contribution in [0.3, 0.4) is 0 Å². The number of pyridine rings is 1. The van der Waals surface area contributed by atoms with E-state index in [4.69, 9.17) is 11.6 Å². The quantitative estimate of drug-likeness (QED) is 0.838. The van der Waals surface area contributed by atoms with Crippen LogP contribution in [0.4, 0.5) is 0 Å². The third kappa shape index (κ3) is 4.21. The summed E-state index contributed by atoms with van der Waals surface area (Å²) in [6.07, 6.45) is 3.72. The van der Waals surface area contributed by atoms with Crippen molar-refractivity contribution in [3.05, 3.63) is 63.3 Å². The molecule has 0 saturated carbocycles. The van der Waals surface area contributed by atoms with Crippen LogP contribution in [0, 0.1) is 0 Å². The van der Waals surface area contributed by atoms with Crippen LogP contribution in [0.25, 0.3) is 0 Å². The van der Waals surface area contributed by atoms with Crippen molar-refractivity contribution in [1.29, 1.82) is 0 Å². The number of piperazine rings is 1. The Morgan fingerprint density at radius 3 is 2.77 bits per heavy atom. The molecule has 2 aromatic rings. The molecule has 22 heavy (non-hydrogen) atoms. The number of hydrogen-bond acceptors (Lipinski definition) is 3. The number of nitrogens with one attached hydrogen (secondary N) is 1. The molecule has 0 radical (unpaired) electrons. The molecular formula is C16H18BrCl2N3. The van der Waals surface area contributed by atoms with Gasteiger partial charge in [0.1, 0.15) is 0 Å². The van der Waals surface area contributed by atoms with E-state index in [0.717, 1.165) is 35.7 Å². The molecule has 0 amide bonds. The molecule has 0 spiro atoms. The van der Waals surface area contributed by atoms with Gasteiger partial charge < -0.3 is 5.32 Å². The molecule has 6 heteroatoms. The van der Waals surface area contributed by atoms with Crippen LogP contribution in [0.2, 0.25) is 5.02 Å². The second-order valence-corrected chi connectivity index (χ2v) is 6.48. The summed E-state index contributed by atoms with van der Waals surface area (Å²) in [5, 5.41) is 4.24. The predicted molar refractivity (Wildman–Crippen MR) is 96.7 cm³/mol. The van der Waals surface area contributed by atoms with Crippen molar-refractivity contribution in [2.75, 3.05) is 19.6 Å². The van der Waals surface area contributed by atoms with Crippen LogP contribution in [0.15, 0.2) is 47.2 Å². The molecule has 3 nitrogen and oxygen atoms in total. The minimum atomic E-state index is 0. The van der Waals surface area contributed by atoms with Gasteiger partial charge in [0.2, 0.25) is 0 Å². The zero-order chi connectivity index (χ0) is 14.7. The van der Waals surface area contributed by atoms with Gasteiger partial charge in [0.15, 0.2) is 0 Å². The summed E-state index contributed by atoms with van der Waals surface area (Å²) in [5.41, 5.74) is 2.55. The largest absolute Gasteiger partial charge is 0.314 e. The molecule has 1 aliphatic heterocycles. The second kappa shape index (κ2) is 8.27. The van der Waals surface area contributed by atoms with Crippen molar-refractivity contribution in [2.24, 2.45) is 0 Å². The first kappa shape index (κ1) is 17.7. The smallest absolute Gasteiger partial charge is 0.0551 e. The van der Waals surface area contributed by atoms with Gasteiger partial charge in [-0.15, -0.1) is 12.4 Å². The Balaban J connectivity index is 0.00000176. The Labute approximate surface area is 150 Å². The van der Waals surface area contributed by atoms with Crippen LogP contribution in [-0.4, -0.2) is 29.5 Å². The van der Waals surface area contributed by atoms with Crippen LogP contribution in [-0.2, 0) is 6.54 Å². The Morgan fingerprint density at radius 1 is 1.27 bits per heavy atom. The number of nitrogens with zero attached hydrogens (tertiary/aromatic N) is 2. The van der Waals surface area contributed by atoms with E-state index in [1.54, 1.807) is 0 Å². The molecule has 1 aromatic heterocycles. The summed E-state index contributed by atoms with van der Waals surface area (Å²) in [7, 11) is 0. The van der Waals surface area contributed by atoms with E-state index < -0.39 is 0 Å². The first-order valence-corrected chi connectivity index (χ1v) is 8.20. The van der Waals surface area contributed by atoms with Crippen molar-refractivity contribution in [1.82, 2.24) is 15.2 Å². The molecule has 118 valence electrons. The van der Waals surface area contributed by atoms with E-state index in [2.05, 4.69) is 49.3 Å². The minimum Gasteiger partial charge on any atom is -0.314 e. The molecule has 1 aliphatic rings. The minimum absolute atomic E-state index is 0. The first-order valence-electron chi connectivity index (χ1n) is 7.02. The van der Waals surface area contributed by atoms with Crippen LogP contribution in [0.1, 0.15) is 17.2 Å². The summed E-state index contributed by atoms with van der Waals surface area (Å²) in [5.74, 6) is 0. The Morgan fingerprint density at radius 2 is 2.05 bits per heavy atom. The van der Waals surface area contributed by atoms with Gasteiger partial charge in [-0.3, -0.25) is 9.88 Å². The molecule has 1 unspecified atom stereocenters. The summed E-state index contributed by atoms with van der Waals surface area (Å²) in [6.45, 7) is 3.92. The molecule has 0 bridgehead atoms. The van der Waals surface area contributed by atoms with Crippen molar-refractivity contribution < 1.29 is 0 Å². The summed E-state index contributed by atoms with van der Waals surface area (Å²) < 4.78 is 0.943. The number of aromatic nitrogens is 1. The van der Waals surface area contributed by atoms with E-state index in [-0.39, 0.29) is 12.4 Å². The van der Waals surface area contributed by atoms with Crippen molar-refractivity contribution in [2.45, 2.75) is 12.6 Å². The molecule has 0 aliphatic carbocycles. The van der Waals surface area contributed by atoms with Gasteiger partial charge in [-0.25, -0.2) is 0 Å². The maximum atomic E-state index is 6.20. The molecule has 2 heterocycles. The fraction of sp³-hybridized carbons (Fsp3) is 0.312. The van der Waals surface area contributed by atoms with Gasteiger partial charge in [-0.1, -0.05) is 17.7 Å². The third-order valence-electron chi connectivity index (χ3n) is 3.81. The fourth-order valence-electron chi connectivity index (χ4n) is 2.72. The maximum absolute atomic E-state index is 6.20. The van der Waals surface area contributed by atoms with Crippen LogP contribution in [0.5, 0.6) is 0 Å². The highest BCUT2D eigenvalue weighted by molar-refractivity contribution is 9.10. The summed E-state index contributed by atoms with van der Waals surface area (Å²) in [4.78, 5) is 6.60. The highest BCUT2D eigenvalue weighted by Gasteiger charge is 2.23. The fourth-order valence-corrected chi connectivity index (χ4v) is 3.17. The lowest BCUT2D eigenvalue weighted by Gasteiger charge is -2.36. The highest BCUT2D eigenvalue weighted by atomic mass is 79.9. The van der Waals surface area contributed by atoms with Crippen molar-refractivity contribution in [3.63, 3.8) is 0 Å². The first-order chi connectivity index (χ1) is 10.2.